The average Bonchev–Trinajstić information content (AvgIpc) is 2.42. The second-order valence-electron chi connectivity index (χ2n) is 4.45. The van der Waals surface area contributed by atoms with Gasteiger partial charge in [0.1, 0.15) is 0 Å². The van der Waals surface area contributed by atoms with Crippen molar-refractivity contribution in [2.24, 2.45) is 0 Å². The fourth-order valence-corrected chi connectivity index (χ4v) is 2.40. The number of halogens is 2. The van der Waals surface area contributed by atoms with Crippen molar-refractivity contribution in [2.75, 3.05) is 5.73 Å². The summed E-state index contributed by atoms with van der Waals surface area (Å²) in [7, 11) is 0. The Hall–Kier alpha value is -1.52. The Labute approximate surface area is 131 Å². The van der Waals surface area contributed by atoms with E-state index in [9.17, 15) is 4.79 Å². The van der Waals surface area contributed by atoms with Crippen LogP contribution in [0, 0.1) is 0 Å². The zero-order chi connectivity index (χ0) is 14.7. The molecule has 0 spiro atoms. The molecule has 2 aromatic carbocycles. The predicted octanol–water partition coefficient (Wildman–Crippen LogP) is 4.18. The molecule has 0 aliphatic heterocycles. The molecule has 0 aliphatic rings. The van der Waals surface area contributed by atoms with Crippen molar-refractivity contribution < 1.29 is 4.79 Å². The van der Waals surface area contributed by atoms with Crippen molar-refractivity contribution >= 4 is 39.1 Å². The molecule has 3 nitrogen and oxygen atoms in total. The molecule has 0 bridgehead atoms. The third kappa shape index (κ3) is 3.32. The van der Waals surface area contributed by atoms with Crippen LogP contribution in [0.15, 0.2) is 46.9 Å². The normalized spacial score (nSPS) is 11.9. The number of rotatable bonds is 3. The second kappa shape index (κ2) is 6.29. The number of nitrogens with one attached hydrogen (secondary N) is 1. The summed E-state index contributed by atoms with van der Waals surface area (Å²) in [6.07, 6.45) is 0. The molecular weight excluding hydrogens is 340 g/mol. The first-order chi connectivity index (χ1) is 9.49. The monoisotopic (exact) mass is 352 g/mol. The molecule has 5 heteroatoms. The molecule has 1 unspecified atom stereocenters. The molecule has 2 aromatic rings. The topological polar surface area (TPSA) is 55.1 Å². The van der Waals surface area contributed by atoms with Crippen LogP contribution in [0.5, 0.6) is 0 Å². The van der Waals surface area contributed by atoms with E-state index in [0.29, 0.717) is 20.7 Å². The first-order valence-electron chi connectivity index (χ1n) is 6.09. The third-order valence-corrected chi connectivity index (χ3v) is 4.21. The van der Waals surface area contributed by atoms with E-state index < -0.39 is 0 Å². The summed E-state index contributed by atoms with van der Waals surface area (Å²) in [6, 6.07) is 12.4. The summed E-state index contributed by atoms with van der Waals surface area (Å²) < 4.78 is 0.693. The fraction of sp³-hybridized carbons (Fsp3) is 0.133. The lowest BCUT2D eigenvalue weighted by Crippen LogP contribution is -2.27. The summed E-state index contributed by atoms with van der Waals surface area (Å²) >= 11 is 9.22. The largest absolute Gasteiger partial charge is 0.398 e. The van der Waals surface area contributed by atoms with Gasteiger partial charge >= 0.3 is 0 Å². The number of hydrogen-bond donors (Lipinski definition) is 2. The zero-order valence-electron chi connectivity index (χ0n) is 10.9. The van der Waals surface area contributed by atoms with Crippen molar-refractivity contribution in [1.82, 2.24) is 5.32 Å². The molecule has 0 aliphatic carbocycles. The standard InChI is InChI=1S/C15H14BrClN2O/c1-9(11-4-2-3-5-14(11)18)19-15(20)10-6-7-13(17)12(16)8-10/h2-9H,18H2,1H3,(H,19,20). The van der Waals surface area contributed by atoms with Gasteiger partial charge in [0.05, 0.1) is 11.1 Å². The molecule has 1 atom stereocenters. The van der Waals surface area contributed by atoms with Gasteiger partial charge in [-0.3, -0.25) is 4.79 Å². The number of amides is 1. The van der Waals surface area contributed by atoms with Crippen LogP contribution in [0.2, 0.25) is 5.02 Å². The van der Waals surface area contributed by atoms with Crippen molar-refractivity contribution in [3.05, 3.63) is 63.1 Å². The van der Waals surface area contributed by atoms with Crippen LogP contribution < -0.4 is 11.1 Å². The first-order valence-corrected chi connectivity index (χ1v) is 7.26. The number of carbonyl (C=O) groups is 1. The molecule has 3 N–H and O–H groups in total. The van der Waals surface area contributed by atoms with Gasteiger partial charge in [-0.2, -0.15) is 0 Å². The number of para-hydroxylation sites is 1. The highest BCUT2D eigenvalue weighted by Gasteiger charge is 2.14. The highest BCUT2D eigenvalue weighted by molar-refractivity contribution is 9.10. The number of carbonyl (C=O) groups excluding carboxylic acids is 1. The quantitative estimate of drug-likeness (QED) is 0.813. The summed E-state index contributed by atoms with van der Waals surface area (Å²) in [4.78, 5) is 12.2. The molecule has 1 amide bonds. The van der Waals surface area contributed by atoms with Gasteiger partial charge in [-0.25, -0.2) is 0 Å². The van der Waals surface area contributed by atoms with Crippen LogP contribution in [0.1, 0.15) is 28.9 Å². The maximum absolute atomic E-state index is 12.2. The highest BCUT2D eigenvalue weighted by atomic mass is 79.9. The first kappa shape index (κ1) is 14.9. The van der Waals surface area contributed by atoms with E-state index in [1.54, 1.807) is 18.2 Å². The number of nitrogens with two attached hydrogens (primary N) is 1. The molecule has 0 radical (unpaired) electrons. The van der Waals surface area contributed by atoms with Gasteiger partial charge in [-0.05, 0) is 52.7 Å². The van der Waals surface area contributed by atoms with Crippen molar-refractivity contribution in [3.63, 3.8) is 0 Å². The zero-order valence-corrected chi connectivity index (χ0v) is 13.2. The Morgan fingerprint density at radius 1 is 1.30 bits per heavy atom. The maximum atomic E-state index is 12.2. The van der Waals surface area contributed by atoms with Crippen LogP contribution in [0.3, 0.4) is 0 Å². The molecular formula is C15H14BrClN2O. The van der Waals surface area contributed by atoms with Crippen LogP contribution in [-0.4, -0.2) is 5.91 Å². The SMILES string of the molecule is CC(NC(=O)c1ccc(Cl)c(Br)c1)c1ccccc1N. The number of nitrogen functional groups attached to an aromatic ring is 1. The van der Waals surface area contributed by atoms with E-state index >= 15 is 0 Å². The third-order valence-electron chi connectivity index (χ3n) is 2.99. The van der Waals surface area contributed by atoms with Gasteiger partial charge in [0, 0.05) is 15.7 Å². The summed E-state index contributed by atoms with van der Waals surface area (Å²) in [6.45, 7) is 1.90. The van der Waals surface area contributed by atoms with Crippen molar-refractivity contribution in [2.45, 2.75) is 13.0 Å². The Balaban J connectivity index is 2.15. The number of anilines is 1. The molecule has 0 saturated heterocycles. The lowest BCUT2D eigenvalue weighted by Gasteiger charge is -2.16. The second-order valence-corrected chi connectivity index (χ2v) is 5.71. The summed E-state index contributed by atoms with van der Waals surface area (Å²) in [5.74, 6) is -0.168. The van der Waals surface area contributed by atoms with Gasteiger partial charge in [-0.1, -0.05) is 29.8 Å². The predicted molar refractivity (Wildman–Crippen MR) is 85.9 cm³/mol. The number of benzene rings is 2. The van der Waals surface area contributed by atoms with E-state index in [-0.39, 0.29) is 11.9 Å². The Bertz CT molecular complexity index is 646. The fourth-order valence-electron chi connectivity index (χ4n) is 1.90. The number of hydrogen-bond acceptors (Lipinski definition) is 2. The average molecular weight is 354 g/mol. The minimum atomic E-state index is -0.168. The van der Waals surface area contributed by atoms with Crippen molar-refractivity contribution in [3.8, 4) is 0 Å². The molecule has 0 fully saturated rings. The van der Waals surface area contributed by atoms with Crippen LogP contribution in [0.25, 0.3) is 0 Å². The maximum Gasteiger partial charge on any atom is 0.251 e. The van der Waals surface area contributed by atoms with Gasteiger partial charge in [-0.15, -0.1) is 0 Å². The lowest BCUT2D eigenvalue weighted by atomic mass is 10.1. The van der Waals surface area contributed by atoms with E-state index in [1.807, 2.05) is 31.2 Å². The van der Waals surface area contributed by atoms with E-state index in [4.69, 9.17) is 17.3 Å². The van der Waals surface area contributed by atoms with Crippen molar-refractivity contribution in [1.29, 1.82) is 0 Å². The smallest absolute Gasteiger partial charge is 0.251 e. The molecule has 0 heterocycles. The Morgan fingerprint density at radius 3 is 2.65 bits per heavy atom. The minimum absolute atomic E-state index is 0.168. The molecule has 104 valence electrons. The molecule has 2 rings (SSSR count). The molecule has 20 heavy (non-hydrogen) atoms. The Kier molecular flexibility index (Phi) is 4.68. The van der Waals surface area contributed by atoms with Gasteiger partial charge in [0.15, 0.2) is 0 Å². The molecule has 0 saturated carbocycles. The van der Waals surface area contributed by atoms with Gasteiger partial charge < -0.3 is 11.1 Å². The van der Waals surface area contributed by atoms with E-state index in [0.717, 1.165) is 5.56 Å². The Morgan fingerprint density at radius 2 is 2.00 bits per heavy atom. The summed E-state index contributed by atoms with van der Waals surface area (Å²) in [5, 5.41) is 3.49. The van der Waals surface area contributed by atoms with Gasteiger partial charge in [0.25, 0.3) is 5.91 Å². The molecule has 0 aromatic heterocycles. The van der Waals surface area contributed by atoms with E-state index in [2.05, 4.69) is 21.2 Å². The summed E-state index contributed by atoms with van der Waals surface area (Å²) in [5.41, 5.74) is 8.01. The van der Waals surface area contributed by atoms with Crippen LogP contribution >= 0.6 is 27.5 Å². The minimum Gasteiger partial charge on any atom is -0.398 e. The van der Waals surface area contributed by atoms with Gasteiger partial charge in [0.2, 0.25) is 0 Å². The van der Waals surface area contributed by atoms with Crippen LogP contribution in [-0.2, 0) is 0 Å². The van der Waals surface area contributed by atoms with E-state index in [1.165, 1.54) is 0 Å². The van der Waals surface area contributed by atoms with Crippen LogP contribution in [0.4, 0.5) is 5.69 Å². The highest BCUT2D eigenvalue weighted by Crippen LogP contribution is 2.24. The lowest BCUT2D eigenvalue weighted by molar-refractivity contribution is 0.0940.